The van der Waals surface area contributed by atoms with Crippen molar-refractivity contribution in [2.75, 3.05) is 6.54 Å². The molecular weight excluding hydrogens is 253 g/mol. The first-order valence-electron chi connectivity index (χ1n) is 6.76. The van der Waals surface area contributed by atoms with Gasteiger partial charge in [-0.2, -0.15) is 5.26 Å². The van der Waals surface area contributed by atoms with E-state index < -0.39 is 18.3 Å². The average molecular weight is 273 g/mol. The molecule has 5 nitrogen and oxygen atoms in total. The van der Waals surface area contributed by atoms with Gasteiger partial charge in [0, 0.05) is 6.42 Å². The van der Waals surface area contributed by atoms with Gasteiger partial charge in [-0.05, 0) is 46.4 Å². The van der Waals surface area contributed by atoms with Crippen LogP contribution >= 0.6 is 0 Å². The molecule has 0 saturated carbocycles. The Bertz CT molecular complexity index is 536. The van der Waals surface area contributed by atoms with E-state index in [1.54, 1.807) is 12.1 Å². The van der Waals surface area contributed by atoms with Gasteiger partial charge < -0.3 is 15.0 Å². The molecule has 0 aliphatic carbocycles. The van der Waals surface area contributed by atoms with E-state index in [1.165, 1.54) is 0 Å². The van der Waals surface area contributed by atoms with Gasteiger partial charge in [0.2, 0.25) is 0 Å². The third-order valence-electron chi connectivity index (χ3n) is 3.99. The van der Waals surface area contributed by atoms with Crippen LogP contribution in [-0.2, 0) is 15.7 Å². The smallest absolute Gasteiger partial charge is 0.398 e. The maximum Gasteiger partial charge on any atom is 0.514 e. The highest BCUT2D eigenvalue weighted by Gasteiger charge is 2.52. The summed E-state index contributed by atoms with van der Waals surface area (Å²) in [4.78, 5) is 4.49. The van der Waals surface area contributed by atoms with Crippen molar-refractivity contribution in [2.24, 2.45) is 5.73 Å². The van der Waals surface area contributed by atoms with Crippen LogP contribution in [0.4, 0.5) is 0 Å². The van der Waals surface area contributed by atoms with E-state index in [4.69, 9.17) is 20.3 Å². The van der Waals surface area contributed by atoms with Gasteiger partial charge in [-0.1, -0.05) is 0 Å². The largest absolute Gasteiger partial charge is 0.514 e. The van der Waals surface area contributed by atoms with Gasteiger partial charge in [-0.15, -0.1) is 0 Å². The molecule has 1 aliphatic heterocycles. The Kier molecular flexibility index (Phi) is 3.87. The lowest BCUT2D eigenvalue weighted by atomic mass is 9.83. The van der Waals surface area contributed by atoms with Gasteiger partial charge in [0.05, 0.1) is 28.1 Å². The molecule has 2 rings (SSSR count). The molecule has 0 radical (unpaired) electrons. The molecule has 6 heteroatoms. The van der Waals surface area contributed by atoms with Crippen molar-refractivity contribution in [2.45, 2.75) is 45.3 Å². The summed E-state index contributed by atoms with van der Waals surface area (Å²) < 4.78 is 11.9. The van der Waals surface area contributed by atoms with Crippen LogP contribution in [0, 0.1) is 11.3 Å². The van der Waals surface area contributed by atoms with Crippen molar-refractivity contribution < 1.29 is 9.31 Å². The van der Waals surface area contributed by atoms with Gasteiger partial charge in [0.25, 0.3) is 0 Å². The quantitative estimate of drug-likeness (QED) is 0.822. The number of nitriles is 1. The fraction of sp³-hybridized carbons (Fsp3) is 0.571. The van der Waals surface area contributed by atoms with Gasteiger partial charge >= 0.3 is 7.12 Å². The molecule has 20 heavy (non-hydrogen) atoms. The fourth-order valence-electron chi connectivity index (χ4n) is 2.04. The first kappa shape index (κ1) is 15.0. The summed E-state index contributed by atoms with van der Waals surface area (Å²) in [5.41, 5.74) is 6.69. The van der Waals surface area contributed by atoms with E-state index in [1.807, 2.05) is 27.7 Å². The molecule has 0 spiro atoms. The molecule has 0 unspecified atom stereocenters. The molecule has 106 valence electrons. The van der Waals surface area contributed by atoms with Crippen molar-refractivity contribution in [3.63, 3.8) is 0 Å². The van der Waals surface area contributed by atoms with Crippen LogP contribution < -0.4 is 11.3 Å². The SMILES string of the molecule is CC1(C)OB(c2ccc(C#N)c(CCN)n2)OC1(C)C. The van der Waals surface area contributed by atoms with Crippen molar-refractivity contribution in [1.29, 1.82) is 5.26 Å². The molecule has 0 aromatic carbocycles. The normalized spacial score (nSPS) is 19.9. The molecule has 2 heterocycles. The monoisotopic (exact) mass is 273 g/mol. The zero-order chi connectivity index (χ0) is 15.0. The summed E-state index contributed by atoms with van der Waals surface area (Å²) in [5.74, 6) is 0. The lowest BCUT2D eigenvalue weighted by molar-refractivity contribution is 0.00578. The lowest BCUT2D eigenvalue weighted by Gasteiger charge is -2.32. The molecule has 0 atom stereocenters. The maximum absolute atomic E-state index is 9.07. The highest BCUT2D eigenvalue weighted by atomic mass is 16.7. The van der Waals surface area contributed by atoms with Crippen LogP contribution in [0.3, 0.4) is 0 Å². The molecule has 1 aromatic heterocycles. The molecule has 0 bridgehead atoms. The number of nitrogens with zero attached hydrogens (tertiary/aromatic N) is 2. The zero-order valence-corrected chi connectivity index (χ0v) is 12.4. The highest BCUT2D eigenvalue weighted by Crippen LogP contribution is 2.36. The molecule has 0 amide bonds. The first-order valence-corrected chi connectivity index (χ1v) is 6.76. The van der Waals surface area contributed by atoms with Crippen molar-refractivity contribution in [3.8, 4) is 6.07 Å². The molecule has 1 aromatic rings. The Hall–Kier alpha value is -1.42. The Morgan fingerprint density at radius 1 is 1.25 bits per heavy atom. The minimum atomic E-state index is -0.510. The van der Waals surface area contributed by atoms with E-state index in [9.17, 15) is 0 Å². The summed E-state index contributed by atoms with van der Waals surface area (Å²) in [6.07, 6.45) is 0.566. The Morgan fingerprint density at radius 3 is 2.35 bits per heavy atom. The third kappa shape index (κ3) is 2.57. The fourth-order valence-corrected chi connectivity index (χ4v) is 2.04. The average Bonchev–Trinajstić information content (AvgIpc) is 2.59. The Balaban J connectivity index is 2.32. The van der Waals surface area contributed by atoms with Crippen LogP contribution in [-0.4, -0.2) is 29.8 Å². The molecule has 1 fully saturated rings. The number of rotatable bonds is 3. The lowest BCUT2D eigenvalue weighted by Crippen LogP contribution is -2.41. The molecule has 1 aliphatic rings. The van der Waals surface area contributed by atoms with E-state index in [0.29, 0.717) is 29.8 Å². The highest BCUT2D eigenvalue weighted by molar-refractivity contribution is 6.61. The number of nitrogens with two attached hydrogens (primary N) is 1. The summed E-state index contributed by atoms with van der Waals surface area (Å²) in [6, 6.07) is 5.66. The predicted molar refractivity (Wildman–Crippen MR) is 77.4 cm³/mol. The zero-order valence-electron chi connectivity index (χ0n) is 12.4. The van der Waals surface area contributed by atoms with Crippen molar-refractivity contribution in [1.82, 2.24) is 4.98 Å². The second-order valence-corrected chi connectivity index (χ2v) is 5.97. The van der Waals surface area contributed by atoms with Crippen LogP contribution in [0.2, 0.25) is 0 Å². The maximum atomic E-state index is 9.07. The van der Waals surface area contributed by atoms with Gasteiger partial charge in [-0.3, -0.25) is 4.98 Å². The summed E-state index contributed by atoms with van der Waals surface area (Å²) in [7, 11) is -0.510. The van der Waals surface area contributed by atoms with Crippen LogP contribution in [0.25, 0.3) is 0 Å². The number of hydrogen-bond acceptors (Lipinski definition) is 5. The first-order chi connectivity index (χ1) is 9.30. The van der Waals surface area contributed by atoms with E-state index >= 15 is 0 Å². The van der Waals surface area contributed by atoms with Gasteiger partial charge in [0.1, 0.15) is 6.07 Å². The molecule has 2 N–H and O–H groups in total. The molecule has 1 saturated heterocycles. The summed E-state index contributed by atoms with van der Waals surface area (Å²) >= 11 is 0. The minimum absolute atomic E-state index is 0.402. The Morgan fingerprint density at radius 2 is 1.85 bits per heavy atom. The minimum Gasteiger partial charge on any atom is -0.398 e. The number of aromatic nitrogens is 1. The summed E-state index contributed by atoms with van der Waals surface area (Å²) in [6.45, 7) is 8.44. The van der Waals surface area contributed by atoms with Gasteiger partial charge in [-0.25, -0.2) is 0 Å². The third-order valence-corrected chi connectivity index (χ3v) is 3.99. The van der Waals surface area contributed by atoms with Crippen molar-refractivity contribution in [3.05, 3.63) is 23.4 Å². The predicted octanol–water partition coefficient (Wildman–Crippen LogP) is 0.754. The Labute approximate surface area is 120 Å². The summed E-state index contributed by atoms with van der Waals surface area (Å²) in [5, 5.41) is 9.07. The topological polar surface area (TPSA) is 81.2 Å². The number of pyridine rings is 1. The molecular formula is C14H20BN3O2. The van der Waals surface area contributed by atoms with E-state index in [2.05, 4.69) is 11.1 Å². The van der Waals surface area contributed by atoms with Crippen LogP contribution in [0.1, 0.15) is 39.0 Å². The second-order valence-electron chi connectivity index (χ2n) is 5.97. The second kappa shape index (κ2) is 5.17. The van der Waals surface area contributed by atoms with Crippen LogP contribution in [0.5, 0.6) is 0 Å². The van der Waals surface area contributed by atoms with Crippen molar-refractivity contribution >= 4 is 12.7 Å². The number of hydrogen-bond donors (Lipinski definition) is 1. The standard InChI is InChI=1S/C14H20BN3O2/c1-13(2)14(3,4)20-15(19-13)12-6-5-10(9-17)11(18-12)7-8-16/h5-6H,7-8,16H2,1-4H3. The van der Waals surface area contributed by atoms with Crippen LogP contribution in [0.15, 0.2) is 12.1 Å². The van der Waals surface area contributed by atoms with E-state index in [0.717, 1.165) is 0 Å². The van der Waals surface area contributed by atoms with E-state index in [-0.39, 0.29) is 0 Å². The van der Waals surface area contributed by atoms with Gasteiger partial charge in [0.15, 0.2) is 0 Å².